The second kappa shape index (κ2) is 11.1. The van der Waals surface area contributed by atoms with Gasteiger partial charge in [-0.3, -0.25) is 9.59 Å². The van der Waals surface area contributed by atoms with Crippen LogP contribution in [0.2, 0.25) is 10.0 Å². The van der Waals surface area contributed by atoms with Gasteiger partial charge < -0.3 is 20.3 Å². The van der Waals surface area contributed by atoms with Crippen LogP contribution in [0.15, 0.2) is 54.6 Å². The van der Waals surface area contributed by atoms with Crippen molar-refractivity contribution in [1.82, 2.24) is 15.1 Å². The highest BCUT2D eigenvalue weighted by Gasteiger charge is 2.26. The van der Waals surface area contributed by atoms with Crippen LogP contribution in [0.1, 0.15) is 49.3 Å². The molecule has 0 spiro atoms. The van der Waals surface area contributed by atoms with E-state index in [4.69, 9.17) is 27.9 Å². The second-order valence-corrected chi connectivity index (χ2v) is 9.86. The van der Waals surface area contributed by atoms with Gasteiger partial charge in [0.05, 0.1) is 34.3 Å². The Hall–Kier alpha value is -3.07. The molecule has 0 bridgehead atoms. The summed E-state index contributed by atoms with van der Waals surface area (Å²) >= 11 is 12.4. The van der Waals surface area contributed by atoms with Crippen molar-refractivity contribution < 1.29 is 24.5 Å². The normalized spacial score (nSPS) is 13.2. The maximum Gasteiger partial charge on any atom is 0.305 e. The average Bonchev–Trinajstić information content (AvgIpc) is 3.23. The van der Waals surface area contributed by atoms with Gasteiger partial charge in [0.25, 0.3) is 5.91 Å². The van der Waals surface area contributed by atoms with Crippen molar-refractivity contribution in [3.8, 4) is 11.6 Å². The fraction of sp³-hybridized carbons (Fsp3) is 0.320. The first-order valence-electron chi connectivity index (χ1n) is 10.9. The van der Waals surface area contributed by atoms with E-state index in [0.29, 0.717) is 11.3 Å². The number of ether oxygens (including phenoxy) is 1. The number of carbonyl (C=O) groups excluding carboxylic acids is 1. The molecule has 1 aromatic heterocycles. The molecule has 2 atom stereocenters. The predicted molar refractivity (Wildman–Crippen MR) is 133 cm³/mol. The zero-order valence-corrected chi connectivity index (χ0v) is 21.0. The number of rotatable bonds is 9. The Balaban J connectivity index is 1.92. The Morgan fingerprint density at radius 3 is 2.43 bits per heavy atom. The standard InChI is InChI=1S/C25H27Cl2N3O5/c1-25(2,3)20(31)14-35-21-12-19(29-30(21)15-8-5-4-6-9-15)24(34)28-18(13-22(32)33)16-10-7-11-17(26)23(16)27/h4-12,18,20,31H,13-14H2,1-3H3,(H,28,34)(H,32,33)/t18-,20+/m0/s1. The van der Waals surface area contributed by atoms with E-state index in [1.165, 1.54) is 10.7 Å². The number of benzene rings is 2. The number of hydrogen-bond acceptors (Lipinski definition) is 5. The van der Waals surface area contributed by atoms with E-state index >= 15 is 0 Å². The molecule has 0 unspecified atom stereocenters. The van der Waals surface area contributed by atoms with Gasteiger partial charge >= 0.3 is 5.97 Å². The molecule has 1 amide bonds. The van der Waals surface area contributed by atoms with Crippen molar-refractivity contribution in [2.75, 3.05) is 6.61 Å². The number of halogens is 2. The van der Waals surface area contributed by atoms with E-state index in [9.17, 15) is 19.8 Å². The van der Waals surface area contributed by atoms with Crippen LogP contribution in [0.4, 0.5) is 0 Å². The minimum atomic E-state index is -1.12. The van der Waals surface area contributed by atoms with E-state index in [1.807, 2.05) is 39.0 Å². The number of carbonyl (C=O) groups is 2. The van der Waals surface area contributed by atoms with E-state index in [1.54, 1.807) is 30.3 Å². The van der Waals surface area contributed by atoms with E-state index in [2.05, 4.69) is 10.4 Å². The molecule has 3 N–H and O–H groups in total. The molecule has 0 saturated heterocycles. The molecule has 1 heterocycles. The first-order valence-corrected chi connectivity index (χ1v) is 11.7. The number of aliphatic carboxylic acids is 1. The molecule has 35 heavy (non-hydrogen) atoms. The third kappa shape index (κ3) is 6.75. The van der Waals surface area contributed by atoms with Gasteiger partial charge in [0, 0.05) is 6.07 Å². The van der Waals surface area contributed by atoms with Crippen LogP contribution in [-0.4, -0.2) is 44.6 Å². The summed E-state index contributed by atoms with van der Waals surface area (Å²) in [7, 11) is 0. The lowest BCUT2D eigenvalue weighted by atomic mass is 9.90. The molecule has 0 aliphatic heterocycles. The van der Waals surface area contributed by atoms with Gasteiger partial charge in [0.1, 0.15) is 6.61 Å². The van der Waals surface area contributed by atoms with Crippen LogP contribution in [-0.2, 0) is 4.79 Å². The second-order valence-electron chi connectivity index (χ2n) is 9.07. The van der Waals surface area contributed by atoms with Crippen LogP contribution >= 0.6 is 23.2 Å². The van der Waals surface area contributed by atoms with Gasteiger partial charge in [0.15, 0.2) is 5.69 Å². The summed E-state index contributed by atoms with van der Waals surface area (Å²) in [6.45, 7) is 5.65. The molecule has 2 aromatic carbocycles. The molecule has 0 aliphatic carbocycles. The maximum atomic E-state index is 13.1. The van der Waals surface area contributed by atoms with Gasteiger partial charge in [-0.25, -0.2) is 4.68 Å². The fourth-order valence-corrected chi connectivity index (χ4v) is 3.62. The number of nitrogens with zero attached hydrogens (tertiary/aromatic N) is 2. The SMILES string of the molecule is CC(C)(C)[C@H](O)COc1cc(C(=O)N[C@@H](CC(=O)O)c2cccc(Cl)c2Cl)nn1-c1ccccc1. The maximum absolute atomic E-state index is 13.1. The summed E-state index contributed by atoms with van der Waals surface area (Å²) in [5, 5.41) is 27.2. The topological polar surface area (TPSA) is 114 Å². The van der Waals surface area contributed by atoms with E-state index in [0.717, 1.165) is 0 Å². The van der Waals surface area contributed by atoms with Crippen molar-refractivity contribution in [3.63, 3.8) is 0 Å². The molecule has 8 nitrogen and oxygen atoms in total. The largest absolute Gasteiger partial charge is 0.481 e. The Kier molecular flexibility index (Phi) is 8.43. The van der Waals surface area contributed by atoms with Crippen molar-refractivity contribution in [2.24, 2.45) is 5.41 Å². The highest BCUT2D eigenvalue weighted by atomic mass is 35.5. The lowest BCUT2D eigenvalue weighted by Gasteiger charge is -2.25. The first kappa shape index (κ1) is 26.5. The molecular weight excluding hydrogens is 493 g/mol. The molecular formula is C25H27Cl2N3O5. The number of aliphatic hydroxyl groups is 1. The molecule has 0 radical (unpaired) electrons. The number of carboxylic acid groups (broad SMARTS) is 1. The zero-order valence-electron chi connectivity index (χ0n) is 19.5. The smallest absolute Gasteiger partial charge is 0.305 e. The van der Waals surface area contributed by atoms with Crippen LogP contribution in [0.5, 0.6) is 5.88 Å². The summed E-state index contributed by atoms with van der Waals surface area (Å²) in [4.78, 5) is 24.6. The van der Waals surface area contributed by atoms with E-state index < -0.39 is 35.9 Å². The molecule has 0 aliphatic rings. The first-order chi connectivity index (χ1) is 16.5. The molecule has 186 valence electrons. The van der Waals surface area contributed by atoms with Crippen LogP contribution < -0.4 is 10.1 Å². The average molecular weight is 520 g/mol. The fourth-order valence-electron chi connectivity index (χ4n) is 3.18. The molecule has 3 rings (SSSR count). The number of hydrogen-bond donors (Lipinski definition) is 3. The zero-order chi connectivity index (χ0) is 25.8. The van der Waals surface area contributed by atoms with Gasteiger partial charge in [-0.1, -0.05) is 74.3 Å². The predicted octanol–water partition coefficient (Wildman–Crippen LogP) is 4.91. The van der Waals surface area contributed by atoms with Crippen molar-refractivity contribution in [3.05, 3.63) is 75.9 Å². The summed E-state index contributed by atoms with van der Waals surface area (Å²) in [6, 6.07) is 14.4. The molecule has 10 heteroatoms. The number of aromatic nitrogens is 2. The lowest BCUT2D eigenvalue weighted by Crippen LogP contribution is -2.32. The van der Waals surface area contributed by atoms with Crippen LogP contribution in [0.25, 0.3) is 5.69 Å². The summed E-state index contributed by atoms with van der Waals surface area (Å²) < 4.78 is 7.28. The summed E-state index contributed by atoms with van der Waals surface area (Å²) in [6.07, 6.45) is -1.17. The van der Waals surface area contributed by atoms with Gasteiger partial charge in [-0.2, -0.15) is 5.10 Å². The Morgan fingerprint density at radius 2 is 1.80 bits per heavy atom. The van der Waals surface area contributed by atoms with Crippen LogP contribution in [0.3, 0.4) is 0 Å². The highest BCUT2D eigenvalue weighted by Crippen LogP contribution is 2.32. The number of aliphatic hydroxyl groups excluding tert-OH is 1. The van der Waals surface area contributed by atoms with Gasteiger partial charge in [-0.15, -0.1) is 0 Å². The van der Waals surface area contributed by atoms with Crippen molar-refractivity contribution in [2.45, 2.75) is 39.3 Å². The lowest BCUT2D eigenvalue weighted by molar-refractivity contribution is -0.137. The van der Waals surface area contributed by atoms with Crippen molar-refractivity contribution in [1.29, 1.82) is 0 Å². The Labute approximate surface area is 213 Å². The minimum absolute atomic E-state index is 0.00245. The summed E-state index contributed by atoms with van der Waals surface area (Å²) in [5.74, 6) is -1.50. The third-order valence-corrected chi connectivity index (χ3v) is 6.17. The van der Waals surface area contributed by atoms with Crippen molar-refractivity contribution >= 4 is 35.1 Å². The molecule has 0 saturated carbocycles. The number of para-hydroxylation sites is 1. The van der Waals surface area contributed by atoms with Crippen LogP contribution in [0, 0.1) is 5.41 Å². The van der Waals surface area contributed by atoms with E-state index in [-0.39, 0.29) is 28.2 Å². The third-order valence-electron chi connectivity index (χ3n) is 5.34. The molecule has 3 aromatic rings. The quantitative estimate of drug-likeness (QED) is 0.370. The summed E-state index contributed by atoms with van der Waals surface area (Å²) in [5.41, 5.74) is 0.620. The van der Waals surface area contributed by atoms with Gasteiger partial charge in [0.2, 0.25) is 5.88 Å². The minimum Gasteiger partial charge on any atom is -0.481 e. The monoisotopic (exact) mass is 519 g/mol. The number of nitrogens with one attached hydrogen (secondary N) is 1. The molecule has 0 fully saturated rings. The Bertz CT molecular complexity index is 1190. The Morgan fingerprint density at radius 1 is 1.11 bits per heavy atom. The highest BCUT2D eigenvalue weighted by molar-refractivity contribution is 6.42. The number of amides is 1. The number of carboxylic acids is 1. The van der Waals surface area contributed by atoms with Gasteiger partial charge in [-0.05, 0) is 29.2 Å².